The van der Waals surface area contributed by atoms with Crippen LogP contribution in [-0.4, -0.2) is 0 Å². The maximum atomic E-state index is 13.4. The molecule has 0 bridgehead atoms. The molecule has 1 aliphatic rings. The van der Waals surface area contributed by atoms with Crippen molar-refractivity contribution < 1.29 is 4.39 Å². The Bertz CT molecular complexity index is 504. The van der Waals surface area contributed by atoms with Crippen molar-refractivity contribution in [3.8, 4) is 0 Å². The van der Waals surface area contributed by atoms with Gasteiger partial charge in [0.2, 0.25) is 0 Å². The van der Waals surface area contributed by atoms with E-state index < -0.39 is 0 Å². The first-order valence-corrected chi connectivity index (χ1v) is 6.68. The van der Waals surface area contributed by atoms with Crippen LogP contribution in [0.3, 0.4) is 0 Å². The van der Waals surface area contributed by atoms with E-state index in [1.165, 1.54) is 16.7 Å². The molecule has 96 valence electrons. The predicted molar refractivity (Wildman–Crippen MR) is 76.0 cm³/mol. The van der Waals surface area contributed by atoms with E-state index in [-0.39, 0.29) is 5.82 Å². The molecule has 1 aromatic carbocycles. The van der Waals surface area contributed by atoms with Crippen LogP contribution in [0.25, 0.3) is 5.57 Å². The molecule has 0 aliphatic heterocycles. The first kappa shape index (κ1) is 13.1. The van der Waals surface area contributed by atoms with E-state index in [1.807, 2.05) is 6.07 Å². The van der Waals surface area contributed by atoms with E-state index >= 15 is 0 Å². The molecular weight excluding hydrogens is 223 g/mol. The Morgan fingerprint density at radius 3 is 2.28 bits per heavy atom. The minimum atomic E-state index is -0.141. The first-order valence-electron chi connectivity index (χ1n) is 6.68. The lowest BCUT2D eigenvalue weighted by atomic mass is 9.90. The SMILES string of the molecule is CC(C)C1=CC=C(c2ccc(F)cc2C(C)C)C1. The predicted octanol–water partition coefficient (Wildman–Crippen LogP) is 5.32. The largest absolute Gasteiger partial charge is 0.207 e. The van der Waals surface area contributed by atoms with Crippen molar-refractivity contribution in [1.29, 1.82) is 0 Å². The van der Waals surface area contributed by atoms with E-state index in [0.29, 0.717) is 11.8 Å². The van der Waals surface area contributed by atoms with Crippen molar-refractivity contribution in [2.24, 2.45) is 5.92 Å². The molecule has 1 aliphatic carbocycles. The lowest BCUT2D eigenvalue weighted by Crippen LogP contribution is -1.98. The van der Waals surface area contributed by atoms with Gasteiger partial charge in [0.25, 0.3) is 0 Å². The Morgan fingerprint density at radius 1 is 1.00 bits per heavy atom. The van der Waals surface area contributed by atoms with Gasteiger partial charge in [-0.3, -0.25) is 0 Å². The fraction of sp³-hybridized carbons (Fsp3) is 0.412. The normalized spacial score (nSPS) is 15.3. The van der Waals surface area contributed by atoms with Gasteiger partial charge in [-0.25, -0.2) is 4.39 Å². The summed E-state index contributed by atoms with van der Waals surface area (Å²) in [5.41, 5.74) is 5.10. The van der Waals surface area contributed by atoms with Gasteiger partial charge in [0.15, 0.2) is 0 Å². The van der Waals surface area contributed by atoms with Gasteiger partial charge in [0.05, 0.1) is 0 Å². The lowest BCUT2D eigenvalue weighted by molar-refractivity contribution is 0.623. The topological polar surface area (TPSA) is 0 Å². The highest BCUT2D eigenvalue weighted by Crippen LogP contribution is 2.35. The molecule has 0 saturated carbocycles. The molecule has 0 unspecified atom stereocenters. The molecule has 1 heteroatoms. The molecule has 0 atom stereocenters. The zero-order valence-electron chi connectivity index (χ0n) is 11.6. The average Bonchev–Trinajstić information content (AvgIpc) is 2.78. The summed E-state index contributed by atoms with van der Waals surface area (Å²) in [6.45, 7) is 8.67. The highest BCUT2D eigenvalue weighted by molar-refractivity contribution is 5.74. The molecule has 0 spiro atoms. The molecule has 0 amide bonds. The maximum absolute atomic E-state index is 13.4. The Kier molecular flexibility index (Phi) is 3.70. The minimum Gasteiger partial charge on any atom is -0.207 e. The van der Waals surface area contributed by atoms with Crippen LogP contribution in [-0.2, 0) is 0 Å². The van der Waals surface area contributed by atoms with E-state index in [0.717, 1.165) is 12.0 Å². The van der Waals surface area contributed by atoms with E-state index in [9.17, 15) is 4.39 Å². The van der Waals surface area contributed by atoms with Gasteiger partial charge >= 0.3 is 0 Å². The molecule has 0 aromatic heterocycles. The average molecular weight is 244 g/mol. The van der Waals surface area contributed by atoms with Crippen molar-refractivity contribution in [1.82, 2.24) is 0 Å². The second-order valence-electron chi connectivity index (χ2n) is 5.65. The number of hydrogen-bond donors (Lipinski definition) is 0. The molecule has 0 heterocycles. The minimum absolute atomic E-state index is 0.141. The Hall–Kier alpha value is -1.37. The monoisotopic (exact) mass is 244 g/mol. The molecular formula is C17H21F. The van der Waals surface area contributed by atoms with Gasteiger partial charge in [-0.2, -0.15) is 0 Å². The van der Waals surface area contributed by atoms with Crippen molar-refractivity contribution >= 4 is 5.57 Å². The van der Waals surface area contributed by atoms with Crippen molar-refractivity contribution in [2.45, 2.75) is 40.0 Å². The summed E-state index contributed by atoms with van der Waals surface area (Å²) in [6.07, 6.45) is 5.41. The Labute approximate surface area is 109 Å². The zero-order chi connectivity index (χ0) is 13.3. The molecule has 0 N–H and O–H groups in total. The molecule has 0 saturated heterocycles. The molecule has 1 aromatic rings. The summed E-state index contributed by atoms with van der Waals surface area (Å²) >= 11 is 0. The van der Waals surface area contributed by atoms with Crippen LogP contribution in [0.1, 0.15) is 51.2 Å². The van der Waals surface area contributed by atoms with Gasteiger partial charge < -0.3 is 0 Å². The number of benzene rings is 1. The van der Waals surface area contributed by atoms with Gasteiger partial charge in [-0.1, -0.05) is 51.5 Å². The highest BCUT2D eigenvalue weighted by Gasteiger charge is 2.17. The standard InChI is InChI=1S/C17H21F/c1-11(2)13-5-6-14(9-13)16-8-7-15(18)10-17(16)12(3)4/h5-8,10-12H,9H2,1-4H3. The van der Waals surface area contributed by atoms with Crippen molar-refractivity contribution in [3.05, 3.63) is 52.9 Å². The Balaban J connectivity index is 2.32. The van der Waals surface area contributed by atoms with E-state index in [4.69, 9.17) is 0 Å². The van der Waals surface area contributed by atoms with Crippen LogP contribution in [0.2, 0.25) is 0 Å². The summed E-state index contributed by atoms with van der Waals surface area (Å²) in [4.78, 5) is 0. The summed E-state index contributed by atoms with van der Waals surface area (Å²) in [5.74, 6) is 0.791. The summed E-state index contributed by atoms with van der Waals surface area (Å²) in [5, 5.41) is 0. The van der Waals surface area contributed by atoms with Gasteiger partial charge in [-0.15, -0.1) is 0 Å². The fourth-order valence-electron chi connectivity index (χ4n) is 2.43. The highest BCUT2D eigenvalue weighted by atomic mass is 19.1. The summed E-state index contributed by atoms with van der Waals surface area (Å²) in [7, 11) is 0. The van der Waals surface area contributed by atoms with Gasteiger partial charge in [0, 0.05) is 0 Å². The number of hydrogen-bond acceptors (Lipinski definition) is 0. The molecule has 2 rings (SSSR count). The van der Waals surface area contributed by atoms with E-state index in [1.54, 1.807) is 12.1 Å². The second-order valence-corrected chi connectivity index (χ2v) is 5.65. The van der Waals surface area contributed by atoms with Gasteiger partial charge in [-0.05, 0) is 47.1 Å². The third-order valence-corrected chi connectivity index (χ3v) is 3.62. The summed E-state index contributed by atoms with van der Waals surface area (Å²) < 4.78 is 13.4. The van der Waals surface area contributed by atoms with Gasteiger partial charge in [0.1, 0.15) is 5.82 Å². The Morgan fingerprint density at radius 2 is 1.72 bits per heavy atom. The van der Waals surface area contributed by atoms with Crippen LogP contribution >= 0.6 is 0 Å². The van der Waals surface area contributed by atoms with Crippen LogP contribution in [0.4, 0.5) is 4.39 Å². The van der Waals surface area contributed by atoms with Crippen LogP contribution in [0, 0.1) is 11.7 Å². The number of rotatable bonds is 3. The third kappa shape index (κ3) is 2.55. The molecule has 0 nitrogen and oxygen atoms in total. The van der Waals surface area contributed by atoms with Crippen LogP contribution < -0.4 is 0 Å². The molecule has 0 fully saturated rings. The van der Waals surface area contributed by atoms with E-state index in [2.05, 4.69) is 39.8 Å². The number of allylic oxidation sites excluding steroid dienone is 4. The quantitative estimate of drug-likeness (QED) is 0.675. The molecule has 0 radical (unpaired) electrons. The van der Waals surface area contributed by atoms with Crippen LogP contribution in [0.5, 0.6) is 0 Å². The fourth-order valence-corrected chi connectivity index (χ4v) is 2.43. The first-order chi connectivity index (χ1) is 8.49. The maximum Gasteiger partial charge on any atom is 0.123 e. The number of halogens is 1. The zero-order valence-corrected chi connectivity index (χ0v) is 11.6. The molecule has 18 heavy (non-hydrogen) atoms. The van der Waals surface area contributed by atoms with Crippen molar-refractivity contribution in [2.75, 3.05) is 0 Å². The smallest absolute Gasteiger partial charge is 0.123 e. The third-order valence-electron chi connectivity index (χ3n) is 3.62. The van der Waals surface area contributed by atoms with Crippen molar-refractivity contribution in [3.63, 3.8) is 0 Å². The van der Waals surface area contributed by atoms with Crippen LogP contribution in [0.15, 0.2) is 35.9 Å². The second kappa shape index (κ2) is 5.09. The lowest BCUT2D eigenvalue weighted by Gasteiger charge is -2.15. The summed E-state index contributed by atoms with van der Waals surface area (Å²) in [6, 6.07) is 5.16.